The molecule has 92 valence electrons. The lowest BCUT2D eigenvalue weighted by molar-refractivity contribution is 0.0694. The first-order valence-electron chi connectivity index (χ1n) is 4.63. The third-order valence-electron chi connectivity index (χ3n) is 1.88. The molecule has 0 aliphatic carbocycles. The van der Waals surface area contributed by atoms with Crippen LogP contribution in [0.5, 0.6) is 11.8 Å². The van der Waals surface area contributed by atoms with Gasteiger partial charge in [-0.3, -0.25) is 0 Å². The Kier molecular flexibility index (Phi) is 3.59. The lowest BCUT2D eigenvalue weighted by Crippen LogP contribution is -2.02. The van der Waals surface area contributed by atoms with Gasteiger partial charge in [0.2, 0.25) is 10.6 Å². The van der Waals surface area contributed by atoms with Crippen LogP contribution in [-0.4, -0.2) is 26.0 Å². The fourth-order valence-electron chi connectivity index (χ4n) is 1.19. The van der Waals surface area contributed by atoms with Crippen molar-refractivity contribution in [2.45, 2.75) is 0 Å². The minimum Gasteiger partial charge on any atom is -0.478 e. The minimum absolute atomic E-state index is 0.0230. The van der Waals surface area contributed by atoms with E-state index >= 15 is 0 Å². The highest BCUT2D eigenvalue weighted by Crippen LogP contribution is 2.23. The first-order chi connectivity index (χ1) is 8.56. The highest BCUT2D eigenvalue weighted by Gasteiger charge is 2.13. The van der Waals surface area contributed by atoms with Crippen molar-refractivity contribution in [3.63, 3.8) is 0 Å². The van der Waals surface area contributed by atoms with Gasteiger partial charge in [0.25, 0.3) is 0 Å². The second kappa shape index (κ2) is 5.16. The number of hydrogen-bond donors (Lipinski definition) is 1. The van der Waals surface area contributed by atoms with Crippen LogP contribution >= 0.6 is 23.2 Å². The summed E-state index contributed by atoms with van der Waals surface area (Å²) < 4.78 is 5.22. The van der Waals surface area contributed by atoms with Crippen molar-refractivity contribution in [2.24, 2.45) is 0 Å². The van der Waals surface area contributed by atoms with Gasteiger partial charge in [0.15, 0.2) is 0 Å². The SMILES string of the molecule is O=C(O)c1ccccc1Oc1nc(Cl)nc(Cl)n1. The van der Waals surface area contributed by atoms with E-state index in [2.05, 4.69) is 15.0 Å². The second-order valence-corrected chi connectivity index (χ2v) is 3.74. The second-order valence-electron chi connectivity index (χ2n) is 3.06. The van der Waals surface area contributed by atoms with Gasteiger partial charge < -0.3 is 9.84 Å². The van der Waals surface area contributed by atoms with Crippen LogP contribution in [0.2, 0.25) is 10.6 Å². The molecule has 0 aliphatic rings. The van der Waals surface area contributed by atoms with Gasteiger partial charge in [0.1, 0.15) is 11.3 Å². The largest absolute Gasteiger partial charge is 0.478 e. The number of nitrogens with zero attached hydrogens (tertiary/aromatic N) is 3. The number of rotatable bonds is 3. The van der Waals surface area contributed by atoms with Crippen molar-refractivity contribution in [3.05, 3.63) is 40.4 Å². The van der Waals surface area contributed by atoms with Crippen molar-refractivity contribution < 1.29 is 14.6 Å². The summed E-state index contributed by atoms with van der Waals surface area (Å²) in [6.07, 6.45) is 0. The van der Waals surface area contributed by atoms with Crippen LogP contribution in [0.25, 0.3) is 0 Å². The van der Waals surface area contributed by atoms with Crippen LogP contribution in [-0.2, 0) is 0 Å². The van der Waals surface area contributed by atoms with E-state index in [-0.39, 0.29) is 27.9 Å². The Bertz CT molecular complexity index is 586. The molecule has 0 saturated heterocycles. The quantitative estimate of drug-likeness (QED) is 0.933. The predicted octanol–water partition coefficient (Wildman–Crippen LogP) is 2.67. The number of para-hydroxylation sites is 1. The predicted molar refractivity (Wildman–Crippen MR) is 63.3 cm³/mol. The molecule has 2 rings (SSSR count). The van der Waals surface area contributed by atoms with Crippen LogP contribution < -0.4 is 4.74 Å². The molecule has 0 aliphatic heterocycles. The van der Waals surface area contributed by atoms with E-state index in [1.54, 1.807) is 12.1 Å². The van der Waals surface area contributed by atoms with Crippen molar-refractivity contribution in [3.8, 4) is 11.8 Å². The van der Waals surface area contributed by atoms with Crippen molar-refractivity contribution in [2.75, 3.05) is 0 Å². The Morgan fingerprint density at radius 1 is 1.11 bits per heavy atom. The van der Waals surface area contributed by atoms with Crippen molar-refractivity contribution >= 4 is 29.2 Å². The number of ether oxygens (including phenoxy) is 1. The van der Waals surface area contributed by atoms with E-state index in [4.69, 9.17) is 33.0 Å². The molecule has 0 atom stereocenters. The molecule has 1 heterocycles. The maximum Gasteiger partial charge on any atom is 0.339 e. The number of aromatic carboxylic acids is 1. The molecule has 0 amide bonds. The molecular formula is C10H5Cl2N3O3. The lowest BCUT2D eigenvalue weighted by Gasteiger charge is -2.06. The van der Waals surface area contributed by atoms with Crippen LogP contribution in [0.4, 0.5) is 0 Å². The molecule has 0 bridgehead atoms. The maximum absolute atomic E-state index is 11.0. The summed E-state index contributed by atoms with van der Waals surface area (Å²) in [7, 11) is 0. The Labute approximate surface area is 111 Å². The fraction of sp³-hybridized carbons (Fsp3) is 0. The van der Waals surface area contributed by atoms with Gasteiger partial charge in [-0.2, -0.15) is 15.0 Å². The molecule has 0 saturated carbocycles. The summed E-state index contributed by atoms with van der Waals surface area (Å²) in [5.74, 6) is -1.04. The lowest BCUT2D eigenvalue weighted by atomic mass is 10.2. The Hall–Kier alpha value is -1.92. The van der Waals surface area contributed by atoms with E-state index < -0.39 is 5.97 Å². The number of benzene rings is 1. The topological polar surface area (TPSA) is 85.2 Å². The smallest absolute Gasteiger partial charge is 0.339 e. The average molecular weight is 286 g/mol. The Morgan fingerprint density at radius 3 is 2.33 bits per heavy atom. The standard InChI is InChI=1S/C10H5Cl2N3O3/c11-8-13-9(12)15-10(14-8)18-6-4-2-1-3-5(6)7(16)17/h1-4H,(H,16,17). The zero-order valence-electron chi connectivity index (χ0n) is 8.67. The van der Waals surface area contributed by atoms with Crippen LogP contribution in [0.1, 0.15) is 10.4 Å². The van der Waals surface area contributed by atoms with Crippen LogP contribution in [0.15, 0.2) is 24.3 Å². The third kappa shape index (κ3) is 2.85. The van der Waals surface area contributed by atoms with E-state index in [1.807, 2.05) is 0 Å². The summed E-state index contributed by atoms with van der Waals surface area (Å²) in [5.41, 5.74) is -0.0230. The molecular weight excluding hydrogens is 281 g/mol. The van der Waals surface area contributed by atoms with E-state index in [9.17, 15) is 4.79 Å². The van der Waals surface area contributed by atoms with Crippen molar-refractivity contribution in [1.29, 1.82) is 0 Å². The van der Waals surface area contributed by atoms with Gasteiger partial charge >= 0.3 is 12.0 Å². The van der Waals surface area contributed by atoms with Crippen LogP contribution in [0.3, 0.4) is 0 Å². The van der Waals surface area contributed by atoms with Gasteiger partial charge in [-0.1, -0.05) is 12.1 Å². The number of hydrogen-bond acceptors (Lipinski definition) is 5. The third-order valence-corrected chi connectivity index (χ3v) is 2.22. The monoisotopic (exact) mass is 285 g/mol. The summed E-state index contributed by atoms with van der Waals surface area (Å²) in [6.45, 7) is 0. The molecule has 1 N–H and O–H groups in total. The molecule has 1 aromatic heterocycles. The maximum atomic E-state index is 11.0. The van der Waals surface area contributed by atoms with Gasteiger partial charge in [-0.15, -0.1) is 0 Å². The molecule has 6 nitrogen and oxygen atoms in total. The van der Waals surface area contributed by atoms with E-state index in [1.165, 1.54) is 12.1 Å². The zero-order chi connectivity index (χ0) is 13.1. The number of halogens is 2. The molecule has 2 aromatic rings. The Balaban J connectivity index is 2.37. The molecule has 18 heavy (non-hydrogen) atoms. The van der Waals surface area contributed by atoms with Gasteiger partial charge in [0, 0.05) is 0 Å². The van der Waals surface area contributed by atoms with Crippen LogP contribution in [0, 0.1) is 0 Å². The summed E-state index contributed by atoms with van der Waals surface area (Å²) in [6, 6.07) is 5.88. The molecule has 0 unspecified atom stereocenters. The van der Waals surface area contributed by atoms with Gasteiger partial charge in [-0.05, 0) is 35.3 Å². The van der Waals surface area contributed by atoms with E-state index in [0.29, 0.717) is 0 Å². The van der Waals surface area contributed by atoms with E-state index in [0.717, 1.165) is 0 Å². The summed E-state index contributed by atoms with van der Waals surface area (Å²) >= 11 is 11.2. The molecule has 0 spiro atoms. The highest BCUT2D eigenvalue weighted by molar-refractivity contribution is 6.31. The summed E-state index contributed by atoms with van der Waals surface area (Å²) in [4.78, 5) is 21.9. The molecule has 8 heteroatoms. The van der Waals surface area contributed by atoms with Gasteiger partial charge in [0.05, 0.1) is 0 Å². The first-order valence-corrected chi connectivity index (χ1v) is 5.39. The molecule has 0 radical (unpaired) electrons. The average Bonchev–Trinajstić information content (AvgIpc) is 2.27. The Morgan fingerprint density at radius 2 is 1.72 bits per heavy atom. The zero-order valence-corrected chi connectivity index (χ0v) is 10.2. The number of carboxylic acid groups (broad SMARTS) is 1. The molecule has 1 aromatic carbocycles. The molecule has 0 fully saturated rings. The highest BCUT2D eigenvalue weighted by atomic mass is 35.5. The minimum atomic E-state index is -1.13. The number of carbonyl (C=O) groups is 1. The normalized spacial score (nSPS) is 10.1. The number of aromatic nitrogens is 3. The summed E-state index contributed by atoms with van der Waals surface area (Å²) in [5, 5.41) is 8.69. The fourth-order valence-corrected chi connectivity index (χ4v) is 1.53. The first kappa shape index (κ1) is 12.5. The number of carboxylic acids is 1. The van der Waals surface area contributed by atoms with Gasteiger partial charge in [-0.25, -0.2) is 4.79 Å². The van der Waals surface area contributed by atoms with Crippen molar-refractivity contribution in [1.82, 2.24) is 15.0 Å².